The largest absolute Gasteiger partial charge is 0.479 e. The fraction of sp³-hybridized carbons (Fsp3) is 0.606. The van der Waals surface area contributed by atoms with E-state index in [2.05, 4.69) is 142 Å². The summed E-state index contributed by atoms with van der Waals surface area (Å²) in [6.45, 7) is 5.67. The number of ether oxygens (including phenoxy) is 5. The second-order valence-electron chi connectivity index (χ2n) is 20.9. The van der Waals surface area contributed by atoms with Crippen molar-refractivity contribution >= 4 is 23.9 Å². The number of aliphatic carboxylic acids is 1. The molecule has 1 saturated heterocycles. The Morgan fingerprint density at radius 2 is 0.795 bits per heavy atom. The lowest BCUT2D eigenvalue weighted by Gasteiger charge is -2.40. The second-order valence-corrected chi connectivity index (χ2v) is 20.9. The Morgan fingerprint density at radius 3 is 1.23 bits per heavy atom. The van der Waals surface area contributed by atoms with Gasteiger partial charge in [0.25, 0.3) is 0 Å². The van der Waals surface area contributed by atoms with E-state index in [9.17, 15) is 34.5 Å². The number of carbonyl (C=O) groups is 4. The van der Waals surface area contributed by atoms with E-state index >= 15 is 0 Å². The predicted octanol–water partition coefficient (Wildman–Crippen LogP) is 17.1. The Bertz CT molecular complexity index is 2000. The molecule has 12 nitrogen and oxygen atoms in total. The predicted molar refractivity (Wildman–Crippen MR) is 339 cm³/mol. The van der Waals surface area contributed by atoms with E-state index < -0.39 is 67.3 Å². The van der Waals surface area contributed by atoms with Crippen LogP contribution < -0.4 is 0 Å². The monoisotopic (exact) mass is 1150 g/mol. The van der Waals surface area contributed by atoms with Crippen LogP contribution in [0.5, 0.6) is 0 Å². The third kappa shape index (κ3) is 46.6. The highest BCUT2D eigenvalue weighted by Crippen LogP contribution is 2.26. The Kier molecular flexibility index (Phi) is 52.0. The third-order valence-electron chi connectivity index (χ3n) is 13.4. The Morgan fingerprint density at radius 1 is 0.422 bits per heavy atom. The first kappa shape index (κ1) is 75.6. The highest BCUT2D eigenvalue weighted by atomic mass is 16.7. The van der Waals surface area contributed by atoms with Gasteiger partial charge in [-0.25, -0.2) is 4.79 Å². The van der Waals surface area contributed by atoms with E-state index in [0.29, 0.717) is 19.3 Å². The molecule has 466 valence electrons. The number of carbonyl (C=O) groups excluding carboxylic acids is 3. The molecule has 1 aliphatic heterocycles. The molecule has 83 heavy (non-hydrogen) atoms. The Hall–Kier alpha value is -5.40. The van der Waals surface area contributed by atoms with Crippen LogP contribution in [-0.2, 0) is 42.9 Å². The maximum atomic E-state index is 13.2. The average Bonchev–Trinajstić information content (AvgIpc) is 3.58. The van der Waals surface area contributed by atoms with E-state index in [-0.39, 0.29) is 25.9 Å². The summed E-state index contributed by atoms with van der Waals surface area (Å²) >= 11 is 0. The van der Waals surface area contributed by atoms with Gasteiger partial charge in [0.1, 0.15) is 18.8 Å². The number of esters is 3. The molecule has 0 aromatic carbocycles. The Balaban J connectivity index is 2.75. The van der Waals surface area contributed by atoms with Gasteiger partial charge in [0.15, 0.2) is 24.6 Å². The molecule has 0 bridgehead atoms. The summed E-state index contributed by atoms with van der Waals surface area (Å²) in [7, 11) is 0. The fourth-order valence-corrected chi connectivity index (χ4v) is 8.62. The first-order chi connectivity index (χ1) is 40.6. The molecule has 3 N–H and O–H groups in total. The summed E-state index contributed by atoms with van der Waals surface area (Å²) in [5.41, 5.74) is 0. The van der Waals surface area contributed by atoms with Crippen LogP contribution in [0.15, 0.2) is 146 Å². The van der Waals surface area contributed by atoms with Gasteiger partial charge in [0.05, 0.1) is 13.0 Å². The molecule has 1 heterocycles. The van der Waals surface area contributed by atoms with Crippen molar-refractivity contribution in [2.75, 3.05) is 13.2 Å². The van der Waals surface area contributed by atoms with Gasteiger partial charge in [-0.15, -0.1) is 0 Å². The zero-order valence-corrected chi connectivity index (χ0v) is 51.4. The van der Waals surface area contributed by atoms with Crippen LogP contribution in [0.2, 0.25) is 0 Å². The summed E-state index contributed by atoms with van der Waals surface area (Å²) in [4.78, 5) is 51.2. The summed E-state index contributed by atoms with van der Waals surface area (Å²) in [6, 6.07) is 0. The van der Waals surface area contributed by atoms with Crippen LogP contribution in [0.3, 0.4) is 0 Å². The molecule has 0 amide bonds. The van der Waals surface area contributed by atoms with E-state index in [1.165, 1.54) is 51.4 Å². The van der Waals surface area contributed by atoms with Gasteiger partial charge in [-0.2, -0.15) is 0 Å². The molecule has 6 atom stereocenters. The van der Waals surface area contributed by atoms with Crippen LogP contribution in [0.4, 0.5) is 0 Å². The SMILES string of the molecule is CC/C=C\C/C=C\C/C=C\C/C=C\C/C=C\CCCCCC(=O)OCC(COC1OC(C(=O)O)C(O)C(O)C1OC(=O)C/C=C\C/C=C\C/C=C\C/C=C\C/C=C\CC)OC(=O)CCCCCCCCCCC/C=C\C/C=C\CCCCC. The van der Waals surface area contributed by atoms with Crippen molar-refractivity contribution in [2.45, 2.75) is 263 Å². The van der Waals surface area contributed by atoms with Crippen molar-refractivity contribution in [1.29, 1.82) is 0 Å². The highest BCUT2D eigenvalue weighted by Gasteiger charge is 2.50. The number of aliphatic hydroxyl groups excluding tert-OH is 2. The number of hydrogen-bond donors (Lipinski definition) is 3. The number of allylic oxidation sites excluding steroid dienone is 23. The fourth-order valence-electron chi connectivity index (χ4n) is 8.62. The molecule has 1 fully saturated rings. The second kappa shape index (κ2) is 57.1. The lowest BCUT2D eigenvalue weighted by atomic mass is 9.98. The van der Waals surface area contributed by atoms with Crippen LogP contribution in [-0.4, -0.2) is 89.2 Å². The minimum absolute atomic E-state index is 0.131. The molecular formula is C71H110O12. The van der Waals surface area contributed by atoms with Gasteiger partial charge in [-0.1, -0.05) is 231 Å². The number of aliphatic hydroxyl groups is 2. The molecule has 6 unspecified atom stereocenters. The smallest absolute Gasteiger partial charge is 0.335 e. The first-order valence-electron chi connectivity index (χ1n) is 31.8. The summed E-state index contributed by atoms with van der Waals surface area (Å²) in [5.74, 6) is -3.35. The number of carboxylic acids is 1. The molecule has 0 aromatic rings. The van der Waals surface area contributed by atoms with E-state index in [4.69, 9.17) is 23.7 Å². The molecule has 1 rings (SSSR count). The zero-order chi connectivity index (χ0) is 60.3. The third-order valence-corrected chi connectivity index (χ3v) is 13.4. The maximum absolute atomic E-state index is 13.2. The van der Waals surface area contributed by atoms with Crippen LogP contribution in [0, 0.1) is 0 Å². The average molecular weight is 1160 g/mol. The molecule has 1 aliphatic rings. The van der Waals surface area contributed by atoms with Crippen molar-refractivity contribution in [2.24, 2.45) is 0 Å². The van der Waals surface area contributed by atoms with E-state index in [0.717, 1.165) is 116 Å². The molecule has 0 spiro atoms. The first-order valence-corrected chi connectivity index (χ1v) is 31.8. The molecule has 0 radical (unpaired) electrons. The van der Waals surface area contributed by atoms with Gasteiger partial charge < -0.3 is 39.0 Å². The van der Waals surface area contributed by atoms with Gasteiger partial charge >= 0.3 is 23.9 Å². The Labute approximate surface area is 502 Å². The highest BCUT2D eigenvalue weighted by molar-refractivity contribution is 5.74. The van der Waals surface area contributed by atoms with Gasteiger partial charge in [-0.3, -0.25) is 14.4 Å². The zero-order valence-electron chi connectivity index (χ0n) is 51.4. The molecule has 0 saturated carbocycles. The standard InChI is InChI=1S/C71H110O12/c1-4-7-10-13-16-19-22-25-28-30-32-34-37-39-42-45-48-51-54-57-63(72)79-60-62(81-64(73)58-55-52-49-46-43-41-38-35-33-31-29-26-23-20-17-14-11-8-5-2)61-80-71-69(67(76)66(75)68(83-71)70(77)78)82-65(74)59-56-53-50-47-44-40-36-27-24-21-18-15-12-9-6-3/h7,9-10,12,16-21,25-29,32,34,36,39,42,44,47,53,56,62,66-69,71,75-76H,4-6,8,11,13-15,22-24,30-31,33,35,37-38,40-41,43,45-46,48-52,54-55,57-61H2,1-3H3,(H,77,78)/b10-7-,12-9-,19-16-,20-17-,21-18-,28-25-,29-26-,34-32-,36-27-,42-39-,47-44-,56-53-. The number of rotatable bonds is 52. The lowest BCUT2D eigenvalue weighted by molar-refractivity contribution is -0.301. The minimum Gasteiger partial charge on any atom is -0.479 e. The summed E-state index contributed by atoms with van der Waals surface area (Å²) in [5, 5.41) is 31.5. The van der Waals surface area contributed by atoms with Gasteiger partial charge in [0, 0.05) is 12.8 Å². The quantitative estimate of drug-likeness (QED) is 0.0228. The molecule has 0 aromatic heterocycles. The van der Waals surface area contributed by atoms with Crippen molar-refractivity contribution in [3.8, 4) is 0 Å². The van der Waals surface area contributed by atoms with Crippen molar-refractivity contribution in [3.63, 3.8) is 0 Å². The number of carboxylic acid groups (broad SMARTS) is 1. The van der Waals surface area contributed by atoms with Crippen molar-refractivity contribution in [1.82, 2.24) is 0 Å². The van der Waals surface area contributed by atoms with Crippen LogP contribution >= 0.6 is 0 Å². The van der Waals surface area contributed by atoms with Crippen LogP contribution in [0.1, 0.15) is 226 Å². The van der Waals surface area contributed by atoms with Crippen molar-refractivity contribution < 1.29 is 58.2 Å². The normalized spacial score (nSPS) is 18.6. The van der Waals surface area contributed by atoms with Crippen LogP contribution in [0.25, 0.3) is 0 Å². The summed E-state index contributed by atoms with van der Waals surface area (Å²) in [6.07, 6.45) is 69.7. The lowest BCUT2D eigenvalue weighted by Crippen LogP contribution is -2.61. The number of unbranched alkanes of at least 4 members (excludes halogenated alkanes) is 15. The molecular weight excluding hydrogens is 1040 g/mol. The van der Waals surface area contributed by atoms with E-state index in [1.807, 2.05) is 12.2 Å². The minimum atomic E-state index is -1.95. The van der Waals surface area contributed by atoms with E-state index in [1.54, 1.807) is 12.2 Å². The number of hydrogen-bond acceptors (Lipinski definition) is 11. The molecule has 12 heteroatoms. The van der Waals surface area contributed by atoms with Crippen molar-refractivity contribution in [3.05, 3.63) is 146 Å². The topological polar surface area (TPSA) is 175 Å². The van der Waals surface area contributed by atoms with Gasteiger partial charge in [-0.05, 0) is 122 Å². The van der Waals surface area contributed by atoms with Gasteiger partial charge in [0.2, 0.25) is 0 Å². The summed E-state index contributed by atoms with van der Waals surface area (Å²) < 4.78 is 28.3. The molecule has 0 aliphatic carbocycles. The maximum Gasteiger partial charge on any atom is 0.335 e.